The first-order valence-corrected chi connectivity index (χ1v) is 6.11. The Labute approximate surface area is 85.6 Å². The van der Waals surface area contributed by atoms with E-state index in [0.29, 0.717) is 17.9 Å². The van der Waals surface area contributed by atoms with Crippen molar-refractivity contribution in [3.05, 3.63) is 0 Å². The summed E-state index contributed by atoms with van der Waals surface area (Å²) < 4.78 is 5.75. The summed E-state index contributed by atoms with van der Waals surface area (Å²) in [6.45, 7) is 2.14. The van der Waals surface area contributed by atoms with Crippen molar-refractivity contribution in [2.45, 2.75) is 51.4 Å². The summed E-state index contributed by atoms with van der Waals surface area (Å²) in [5.41, 5.74) is 0. The van der Waals surface area contributed by atoms with Gasteiger partial charge in [-0.05, 0) is 43.4 Å². The Morgan fingerprint density at radius 3 is 2.50 bits per heavy atom. The highest BCUT2D eigenvalue weighted by Crippen LogP contribution is 2.51. The maximum atomic E-state index is 9.73. The minimum Gasteiger partial charge on any atom is -0.368 e. The minimum atomic E-state index is -0.482. The second-order valence-electron chi connectivity index (χ2n) is 5.45. The van der Waals surface area contributed by atoms with Gasteiger partial charge in [0.1, 0.15) is 0 Å². The summed E-state index contributed by atoms with van der Waals surface area (Å²) in [5.74, 6) is 2.71. The van der Waals surface area contributed by atoms with Crippen LogP contribution < -0.4 is 0 Å². The molecule has 2 heteroatoms. The maximum absolute atomic E-state index is 9.73. The first kappa shape index (κ1) is 9.17. The van der Waals surface area contributed by atoms with E-state index in [1.165, 1.54) is 32.1 Å². The van der Waals surface area contributed by atoms with Crippen molar-refractivity contribution in [3.8, 4) is 0 Å². The number of ether oxygens (including phenoxy) is 1. The molecular weight excluding hydrogens is 176 g/mol. The Balaban J connectivity index is 1.77. The molecule has 0 spiro atoms. The molecule has 2 aliphatic carbocycles. The van der Waals surface area contributed by atoms with Gasteiger partial charge >= 0.3 is 0 Å². The first-order chi connectivity index (χ1) is 6.77. The molecule has 0 amide bonds. The van der Waals surface area contributed by atoms with Crippen LogP contribution in [0.1, 0.15) is 39.0 Å². The second-order valence-corrected chi connectivity index (χ2v) is 5.45. The standard InChI is InChI=1S/C12H20O2/c1-7-9-3-2-4-10(8-5-6-8)11(9)14-12(7)13/h7-13H,2-6H2,1H3/t7-,9?,10?,11?,12+/m0/s1. The van der Waals surface area contributed by atoms with Gasteiger partial charge in [-0.1, -0.05) is 13.3 Å². The van der Waals surface area contributed by atoms with Gasteiger partial charge in [0.05, 0.1) is 6.10 Å². The highest BCUT2D eigenvalue weighted by molar-refractivity contribution is 4.96. The van der Waals surface area contributed by atoms with Crippen LogP contribution in [0.15, 0.2) is 0 Å². The summed E-state index contributed by atoms with van der Waals surface area (Å²) in [5, 5.41) is 9.73. The lowest BCUT2D eigenvalue weighted by Gasteiger charge is -2.33. The molecule has 80 valence electrons. The van der Waals surface area contributed by atoms with E-state index in [9.17, 15) is 5.11 Å². The Morgan fingerprint density at radius 2 is 1.79 bits per heavy atom. The summed E-state index contributed by atoms with van der Waals surface area (Å²) in [6, 6.07) is 0. The van der Waals surface area contributed by atoms with E-state index in [0.717, 1.165) is 11.8 Å². The molecule has 0 bridgehead atoms. The largest absolute Gasteiger partial charge is 0.368 e. The van der Waals surface area contributed by atoms with Crippen LogP contribution in [0.2, 0.25) is 0 Å². The summed E-state index contributed by atoms with van der Waals surface area (Å²) in [6.07, 6.45) is 6.68. The highest BCUT2D eigenvalue weighted by atomic mass is 16.6. The quantitative estimate of drug-likeness (QED) is 0.696. The van der Waals surface area contributed by atoms with Crippen LogP contribution in [0.4, 0.5) is 0 Å². The molecule has 3 aliphatic rings. The number of hydrogen-bond acceptors (Lipinski definition) is 2. The highest BCUT2D eigenvalue weighted by Gasteiger charge is 2.50. The molecule has 0 radical (unpaired) electrons. The first-order valence-electron chi connectivity index (χ1n) is 6.11. The van der Waals surface area contributed by atoms with E-state index in [2.05, 4.69) is 6.92 Å². The van der Waals surface area contributed by atoms with Crippen LogP contribution >= 0.6 is 0 Å². The van der Waals surface area contributed by atoms with Gasteiger partial charge in [0, 0.05) is 5.92 Å². The Hall–Kier alpha value is -0.0800. The smallest absolute Gasteiger partial charge is 0.157 e. The monoisotopic (exact) mass is 196 g/mol. The number of aliphatic hydroxyl groups is 1. The summed E-state index contributed by atoms with van der Waals surface area (Å²) in [7, 11) is 0. The zero-order chi connectivity index (χ0) is 9.71. The number of hydrogen-bond donors (Lipinski definition) is 1. The van der Waals surface area contributed by atoms with Crippen molar-refractivity contribution in [2.75, 3.05) is 0 Å². The van der Waals surface area contributed by atoms with Crippen LogP contribution in [0.25, 0.3) is 0 Å². The van der Waals surface area contributed by atoms with Crippen molar-refractivity contribution in [1.82, 2.24) is 0 Å². The van der Waals surface area contributed by atoms with Crippen molar-refractivity contribution in [2.24, 2.45) is 23.7 Å². The average molecular weight is 196 g/mol. The number of fused-ring (bicyclic) bond motifs is 1. The molecule has 0 aromatic carbocycles. The van der Waals surface area contributed by atoms with Crippen LogP contribution in [0.5, 0.6) is 0 Å². The zero-order valence-corrected chi connectivity index (χ0v) is 8.86. The summed E-state index contributed by atoms with van der Waals surface area (Å²) in [4.78, 5) is 0. The van der Waals surface area contributed by atoms with Crippen molar-refractivity contribution >= 4 is 0 Å². The molecule has 0 aromatic heterocycles. The molecule has 5 atom stereocenters. The number of rotatable bonds is 1. The zero-order valence-electron chi connectivity index (χ0n) is 8.86. The minimum absolute atomic E-state index is 0.363. The maximum Gasteiger partial charge on any atom is 0.157 e. The van der Waals surface area contributed by atoms with E-state index < -0.39 is 6.29 Å². The van der Waals surface area contributed by atoms with Gasteiger partial charge in [0.25, 0.3) is 0 Å². The summed E-state index contributed by atoms with van der Waals surface area (Å²) >= 11 is 0. The fraction of sp³-hybridized carbons (Fsp3) is 1.00. The van der Waals surface area contributed by atoms with Gasteiger partial charge in [-0.3, -0.25) is 0 Å². The van der Waals surface area contributed by atoms with Gasteiger partial charge in [0.2, 0.25) is 0 Å². The Bertz CT molecular complexity index is 218. The van der Waals surface area contributed by atoms with Crippen LogP contribution in [0.3, 0.4) is 0 Å². The van der Waals surface area contributed by atoms with Gasteiger partial charge in [-0.25, -0.2) is 0 Å². The third kappa shape index (κ3) is 1.31. The molecule has 3 unspecified atom stereocenters. The average Bonchev–Trinajstić information content (AvgIpc) is 2.96. The number of aliphatic hydroxyl groups excluding tert-OH is 1. The van der Waals surface area contributed by atoms with Gasteiger partial charge in [-0.2, -0.15) is 0 Å². The molecule has 1 saturated heterocycles. The molecule has 1 heterocycles. The van der Waals surface area contributed by atoms with E-state index in [4.69, 9.17) is 4.74 Å². The Morgan fingerprint density at radius 1 is 1.07 bits per heavy atom. The fourth-order valence-corrected chi connectivity index (χ4v) is 3.52. The lowest BCUT2D eigenvalue weighted by molar-refractivity contribution is -0.124. The van der Waals surface area contributed by atoms with Crippen molar-refractivity contribution < 1.29 is 9.84 Å². The predicted octanol–water partition coefficient (Wildman–Crippen LogP) is 2.17. The van der Waals surface area contributed by atoms with Crippen molar-refractivity contribution in [3.63, 3.8) is 0 Å². The van der Waals surface area contributed by atoms with E-state index in [-0.39, 0.29) is 0 Å². The van der Waals surface area contributed by atoms with Crippen molar-refractivity contribution in [1.29, 1.82) is 0 Å². The molecule has 2 nitrogen and oxygen atoms in total. The van der Waals surface area contributed by atoms with E-state index in [1.54, 1.807) is 0 Å². The predicted molar refractivity (Wildman–Crippen MR) is 53.6 cm³/mol. The molecular formula is C12H20O2. The molecule has 1 aliphatic heterocycles. The molecule has 3 rings (SSSR count). The van der Waals surface area contributed by atoms with Crippen LogP contribution in [-0.4, -0.2) is 17.5 Å². The van der Waals surface area contributed by atoms with Crippen LogP contribution in [0, 0.1) is 23.7 Å². The molecule has 0 aromatic rings. The third-order valence-corrected chi connectivity index (χ3v) is 4.57. The van der Waals surface area contributed by atoms with Gasteiger partial charge in [0.15, 0.2) is 6.29 Å². The van der Waals surface area contributed by atoms with E-state index in [1.807, 2.05) is 0 Å². The lowest BCUT2D eigenvalue weighted by atomic mass is 9.73. The Kier molecular flexibility index (Phi) is 2.10. The van der Waals surface area contributed by atoms with E-state index >= 15 is 0 Å². The normalized spacial score (nSPS) is 53.1. The SMILES string of the molecule is C[C@H]1C2CCCC(C3CC3)C2O[C@H]1O. The molecule has 1 N–H and O–H groups in total. The third-order valence-electron chi connectivity index (χ3n) is 4.57. The topological polar surface area (TPSA) is 29.5 Å². The second kappa shape index (κ2) is 3.21. The molecule has 14 heavy (non-hydrogen) atoms. The van der Waals surface area contributed by atoms with Crippen LogP contribution in [-0.2, 0) is 4.74 Å². The molecule has 2 saturated carbocycles. The van der Waals surface area contributed by atoms with Gasteiger partial charge < -0.3 is 9.84 Å². The lowest BCUT2D eigenvalue weighted by Crippen LogP contribution is -2.33. The van der Waals surface area contributed by atoms with Gasteiger partial charge in [-0.15, -0.1) is 0 Å². The fourth-order valence-electron chi connectivity index (χ4n) is 3.52. The molecule has 3 fully saturated rings.